The van der Waals surface area contributed by atoms with Crippen molar-refractivity contribution in [3.63, 3.8) is 0 Å². The zero-order chi connectivity index (χ0) is 10.8. The highest BCUT2D eigenvalue weighted by Gasteiger charge is 2.08. The summed E-state index contributed by atoms with van der Waals surface area (Å²) in [7, 11) is 0. The maximum Gasteiger partial charge on any atom is 0.163 e. The Balaban J connectivity index is 2.57. The average Bonchev–Trinajstić information content (AvgIpc) is 2.65. The molecular weight excluding hydrogens is 323 g/mol. The number of rotatable bonds is 2. The van der Waals surface area contributed by atoms with Gasteiger partial charge in [-0.25, -0.2) is 9.67 Å². The van der Waals surface area contributed by atoms with Gasteiger partial charge < -0.3 is 5.73 Å². The standard InChI is InChI=1S/C9H7IN4S/c10-6-4-13-14(5-6)9-7(8(11)15)2-1-3-12-9/h1-5H,(H2,11,15). The van der Waals surface area contributed by atoms with Crippen molar-refractivity contribution in [2.24, 2.45) is 5.73 Å². The van der Waals surface area contributed by atoms with Crippen molar-refractivity contribution in [1.82, 2.24) is 14.8 Å². The molecule has 0 amide bonds. The van der Waals surface area contributed by atoms with Crippen molar-refractivity contribution in [2.45, 2.75) is 0 Å². The molecule has 2 N–H and O–H groups in total. The Morgan fingerprint density at radius 2 is 2.33 bits per heavy atom. The lowest BCUT2D eigenvalue weighted by Gasteiger charge is -2.05. The van der Waals surface area contributed by atoms with Gasteiger partial charge in [0.15, 0.2) is 5.82 Å². The van der Waals surface area contributed by atoms with E-state index in [-0.39, 0.29) is 0 Å². The molecule has 0 aromatic carbocycles. The van der Waals surface area contributed by atoms with Crippen LogP contribution in [0.1, 0.15) is 5.56 Å². The average molecular weight is 330 g/mol. The fourth-order valence-electron chi connectivity index (χ4n) is 1.19. The van der Waals surface area contributed by atoms with Gasteiger partial charge in [0.05, 0.1) is 15.3 Å². The molecule has 0 spiro atoms. The van der Waals surface area contributed by atoms with E-state index >= 15 is 0 Å². The largest absolute Gasteiger partial charge is 0.389 e. The maximum absolute atomic E-state index is 5.61. The second-order valence-corrected chi connectivity index (χ2v) is 4.53. The third kappa shape index (κ3) is 2.15. The molecule has 0 aliphatic rings. The van der Waals surface area contributed by atoms with E-state index < -0.39 is 0 Å². The van der Waals surface area contributed by atoms with Crippen LogP contribution in [-0.2, 0) is 0 Å². The van der Waals surface area contributed by atoms with Crippen LogP contribution in [0, 0.1) is 3.57 Å². The molecule has 6 heteroatoms. The van der Waals surface area contributed by atoms with E-state index in [0.717, 1.165) is 9.13 Å². The molecule has 0 unspecified atom stereocenters. The van der Waals surface area contributed by atoms with Crippen molar-refractivity contribution in [2.75, 3.05) is 0 Å². The number of thiocarbonyl (C=S) groups is 1. The first-order chi connectivity index (χ1) is 7.18. The van der Waals surface area contributed by atoms with Crippen LogP contribution in [0.3, 0.4) is 0 Å². The van der Waals surface area contributed by atoms with Gasteiger partial charge in [0.2, 0.25) is 0 Å². The van der Waals surface area contributed by atoms with Gasteiger partial charge in [-0.1, -0.05) is 12.2 Å². The zero-order valence-electron chi connectivity index (χ0n) is 7.59. The van der Waals surface area contributed by atoms with E-state index in [1.54, 1.807) is 23.1 Å². The highest BCUT2D eigenvalue weighted by molar-refractivity contribution is 14.1. The second kappa shape index (κ2) is 4.23. The Morgan fingerprint density at radius 3 is 2.93 bits per heavy atom. The fourth-order valence-corrected chi connectivity index (χ4v) is 1.74. The van der Waals surface area contributed by atoms with Crippen LogP contribution in [-0.4, -0.2) is 19.8 Å². The second-order valence-electron chi connectivity index (χ2n) is 2.84. The third-order valence-electron chi connectivity index (χ3n) is 1.82. The van der Waals surface area contributed by atoms with Crippen molar-refractivity contribution in [1.29, 1.82) is 0 Å². The summed E-state index contributed by atoms with van der Waals surface area (Å²) in [4.78, 5) is 4.54. The van der Waals surface area contributed by atoms with E-state index in [4.69, 9.17) is 18.0 Å². The molecule has 2 rings (SSSR count). The number of halogens is 1. The van der Waals surface area contributed by atoms with Crippen molar-refractivity contribution in [3.05, 3.63) is 39.9 Å². The Hall–Kier alpha value is -1.02. The van der Waals surface area contributed by atoms with Crippen LogP contribution < -0.4 is 5.73 Å². The molecule has 0 aliphatic carbocycles. The van der Waals surface area contributed by atoms with Gasteiger partial charge in [0.25, 0.3) is 0 Å². The monoisotopic (exact) mass is 330 g/mol. The summed E-state index contributed by atoms with van der Waals surface area (Å²) in [6, 6.07) is 3.63. The lowest BCUT2D eigenvalue weighted by molar-refractivity contribution is 0.844. The third-order valence-corrected chi connectivity index (χ3v) is 2.60. The normalized spacial score (nSPS) is 10.2. The maximum atomic E-state index is 5.61. The highest BCUT2D eigenvalue weighted by atomic mass is 127. The molecule has 0 fully saturated rings. The first kappa shape index (κ1) is 10.5. The Kier molecular flexibility index (Phi) is 2.96. The molecule has 2 aromatic rings. The minimum atomic E-state index is 0.323. The molecule has 0 atom stereocenters. The van der Waals surface area contributed by atoms with Crippen LogP contribution in [0.15, 0.2) is 30.7 Å². The summed E-state index contributed by atoms with van der Waals surface area (Å²) in [5.41, 5.74) is 6.34. The smallest absolute Gasteiger partial charge is 0.163 e. The van der Waals surface area contributed by atoms with Crippen LogP contribution >= 0.6 is 34.8 Å². The number of pyridine rings is 1. The molecular formula is C9H7IN4S. The van der Waals surface area contributed by atoms with E-state index in [9.17, 15) is 0 Å². The van der Waals surface area contributed by atoms with Crippen LogP contribution in [0.4, 0.5) is 0 Å². The molecule has 15 heavy (non-hydrogen) atoms. The Morgan fingerprint density at radius 1 is 1.53 bits per heavy atom. The van der Waals surface area contributed by atoms with Crippen molar-refractivity contribution < 1.29 is 0 Å². The first-order valence-electron chi connectivity index (χ1n) is 4.14. The number of nitrogens with zero attached hydrogens (tertiary/aromatic N) is 3. The van der Waals surface area contributed by atoms with E-state index in [1.165, 1.54) is 0 Å². The summed E-state index contributed by atoms with van der Waals surface area (Å²) in [5.74, 6) is 0.660. The summed E-state index contributed by atoms with van der Waals surface area (Å²) in [6.45, 7) is 0. The molecule has 0 saturated carbocycles. The zero-order valence-corrected chi connectivity index (χ0v) is 10.6. The summed E-state index contributed by atoms with van der Waals surface area (Å²) in [6.07, 6.45) is 5.30. The summed E-state index contributed by atoms with van der Waals surface area (Å²) in [5, 5.41) is 4.16. The van der Waals surface area contributed by atoms with Crippen LogP contribution in [0.5, 0.6) is 0 Å². The SMILES string of the molecule is NC(=S)c1cccnc1-n1cc(I)cn1. The van der Waals surface area contributed by atoms with Crippen LogP contribution in [0.2, 0.25) is 0 Å². The minimum absolute atomic E-state index is 0.323. The predicted molar refractivity (Wildman–Crippen MR) is 70.0 cm³/mol. The highest BCUT2D eigenvalue weighted by Crippen LogP contribution is 2.12. The molecule has 0 aliphatic heterocycles. The summed E-state index contributed by atoms with van der Waals surface area (Å²) < 4.78 is 2.70. The number of hydrogen-bond acceptors (Lipinski definition) is 3. The summed E-state index contributed by atoms with van der Waals surface area (Å²) >= 11 is 7.13. The van der Waals surface area contributed by atoms with E-state index in [2.05, 4.69) is 32.7 Å². The van der Waals surface area contributed by atoms with Gasteiger partial charge in [0, 0.05) is 12.4 Å². The van der Waals surface area contributed by atoms with Gasteiger partial charge in [-0.2, -0.15) is 5.10 Å². The lowest BCUT2D eigenvalue weighted by atomic mass is 10.2. The van der Waals surface area contributed by atoms with E-state index in [1.807, 2.05) is 12.3 Å². The van der Waals surface area contributed by atoms with E-state index in [0.29, 0.717) is 10.8 Å². The van der Waals surface area contributed by atoms with Gasteiger partial charge in [-0.15, -0.1) is 0 Å². The molecule has 2 aromatic heterocycles. The van der Waals surface area contributed by atoms with Gasteiger partial charge in [-0.3, -0.25) is 0 Å². The van der Waals surface area contributed by atoms with Gasteiger partial charge >= 0.3 is 0 Å². The molecule has 76 valence electrons. The fraction of sp³-hybridized carbons (Fsp3) is 0. The topological polar surface area (TPSA) is 56.7 Å². The number of nitrogens with two attached hydrogens (primary N) is 1. The van der Waals surface area contributed by atoms with Gasteiger partial charge in [0.1, 0.15) is 4.99 Å². The molecule has 4 nitrogen and oxygen atoms in total. The lowest BCUT2D eigenvalue weighted by Crippen LogP contribution is -2.14. The van der Waals surface area contributed by atoms with Crippen molar-refractivity contribution >= 4 is 39.8 Å². The van der Waals surface area contributed by atoms with Crippen LogP contribution in [0.25, 0.3) is 5.82 Å². The molecule has 0 saturated heterocycles. The predicted octanol–water partition coefficient (Wildman–Crippen LogP) is 1.51. The minimum Gasteiger partial charge on any atom is -0.389 e. The van der Waals surface area contributed by atoms with Gasteiger partial charge in [-0.05, 0) is 34.7 Å². The Bertz CT molecular complexity index is 508. The molecule has 0 bridgehead atoms. The molecule has 2 heterocycles. The number of aromatic nitrogens is 3. The number of hydrogen-bond donors (Lipinski definition) is 1. The Labute approximate surface area is 106 Å². The first-order valence-corrected chi connectivity index (χ1v) is 5.62. The van der Waals surface area contributed by atoms with Crippen molar-refractivity contribution in [3.8, 4) is 5.82 Å². The quantitative estimate of drug-likeness (QED) is 0.670. The molecule has 0 radical (unpaired) electrons.